The second-order valence-electron chi connectivity index (χ2n) is 4.32. The highest BCUT2D eigenvalue weighted by Crippen LogP contribution is 2.31. The van der Waals surface area contributed by atoms with E-state index in [9.17, 15) is 0 Å². The molecular formula is C12H16BrN. The summed E-state index contributed by atoms with van der Waals surface area (Å²) in [5.41, 5.74) is 2.98. The van der Waals surface area contributed by atoms with Gasteiger partial charge in [-0.05, 0) is 35.1 Å². The highest BCUT2D eigenvalue weighted by molar-refractivity contribution is 9.10. The molecule has 1 atom stereocenters. The van der Waals surface area contributed by atoms with Crippen molar-refractivity contribution in [2.75, 3.05) is 6.54 Å². The van der Waals surface area contributed by atoms with Gasteiger partial charge in [0.25, 0.3) is 0 Å². The van der Waals surface area contributed by atoms with E-state index in [4.69, 9.17) is 0 Å². The highest BCUT2D eigenvalue weighted by Gasteiger charge is 2.22. The third-order valence-electron chi connectivity index (χ3n) is 2.99. The van der Waals surface area contributed by atoms with Gasteiger partial charge >= 0.3 is 0 Å². The number of rotatable bonds is 1. The summed E-state index contributed by atoms with van der Waals surface area (Å²) in [7, 11) is 0. The number of halogens is 1. The van der Waals surface area contributed by atoms with Crippen LogP contribution in [0.4, 0.5) is 0 Å². The molecule has 0 amide bonds. The molecule has 0 saturated carbocycles. The minimum Gasteiger partial charge on any atom is -0.312 e. The fraction of sp³-hybridized carbons (Fsp3) is 0.500. The third kappa shape index (κ3) is 1.86. The quantitative estimate of drug-likeness (QED) is 0.810. The average Bonchev–Trinajstić information content (AvgIpc) is 2.16. The fourth-order valence-electron chi connectivity index (χ4n) is 2.16. The van der Waals surface area contributed by atoms with Crippen molar-refractivity contribution >= 4 is 15.9 Å². The highest BCUT2D eigenvalue weighted by atomic mass is 79.9. The Balaban J connectivity index is 2.40. The van der Waals surface area contributed by atoms with Gasteiger partial charge < -0.3 is 5.32 Å². The Labute approximate surface area is 94.0 Å². The van der Waals surface area contributed by atoms with E-state index in [1.54, 1.807) is 0 Å². The molecule has 1 aromatic carbocycles. The van der Waals surface area contributed by atoms with Crippen molar-refractivity contribution in [3.05, 3.63) is 33.8 Å². The van der Waals surface area contributed by atoms with Crippen LogP contribution in [0.3, 0.4) is 0 Å². The van der Waals surface area contributed by atoms with Crippen LogP contribution < -0.4 is 5.32 Å². The molecule has 1 N–H and O–H groups in total. The van der Waals surface area contributed by atoms with Crippen LogP contribution >= 0.6 is 15.9 Å². The van der Waals surface area contributed by atoms with Gasteiger partial charge in [-0.15, -0.1) is 0 Å². The van der Waals surface area contributed by atoms with Crippen molar-refractivity contribution in [3.63, 3.8) is 0 Å². The first kappa shape index (κ1) is 10.2. The number of hydrogen-bond donors (Lipinski definition) is 1. The van der Waals surface area contributed by atoms with E-state index in [1.807, 2.05) is 0 Å². The van der Waals surface area contributed by atoms with E-state index in [2.05, 4.69) is 53.3 Å². The van der Waals surface area contributed by atoms with Crippen molar-refractivity contribution in [3.8, 4) is 0 Å². The van der Waals surface area contributed by atoms with E-state index in [-0.39, 0.29) is 0 Å². The Bertz CT molecular complexity index is 333. The van der Waals surface area contributed by atoms with Gasteiger partial charge in [0.2, 0.25) is 0 Å². The van der Waals surface area contributed by atoms with Crippen LogP contribution in [0.25, 0.3) is 0 Å². The van der Waals surface area contributed by atoms with Crippen LogP contribution in [-0.4, -0.2) is 6.54 Å². The topological polar surface area (TPSA) is 12.0 Å². The third-order valence-corrected chi connectivity index (χ3v) is 3.48. The molecule has 2 rings (SSSR count). The molecule has 1 aliphatic rings. The van der Waals surface area contributed by atoms with Crippen LogP contribution in [0.15, 0.2) is 22.7 Å². The molecule has 1 nitrogen and oxygen atoms in total. The van der Waals surface area contributed by atoms with Crippen molar-refractivity contribution < 1.29 is 0 Å². The summed E-state index contributed by atoms with van der Waals surface area (Å²) in [5.74, 6) is 1.38. The first-order chi connectivity index (χ1) is 6.68. The van der Waals surface area contributed by atoms with E-state index >= 15 is 0 Å². The molecule has 2 heteroatoms. The molecule has 1 aromatic rings. The smallest absolute Gasteiger partial charge is 0.0208 e. The Morgan fingerprint density at radius 1 is 1.43 bits per heavy atom. The number of hydrogen-bond acceptors (Lipinski definition) is 1. The van der Waals surface area contributed by atoms with Gasteiger partial charge in [-0.1, -0.05) is 35.8 Å². The SMILES string of the molecule is CC(C)C1CNCc2cc(Br)ccc21. The summed E-state index contributed by atoms with van der Waals surface area (Å²) >= 11 is 3.52. The van der Waals surface area contributed by atoms with E-state index < -0.39 is 0 Å². The van der Waals surface area contributed by atoms with E-state index in [0.29, 0.717) is 11.8 Å². The van der Waals surface area contributed by atoms with Crippen LogP contribution in [0.5, 0.6) is 0 Å². The van der Waals surface area contributed by atoms with Gasteiger partial charge in [0.05, 0.1) is 0 Å². The molecule has 0 aliphatic carbocycles. The van der Waals surface area contributed by atoms with Crippen molar-refractivity contribution in [1.29, 1.82) is 0 Å². The lowest BCUT2D eigenvalue weighted by molar-refractivity contribution is 0.436. The van der Waals surface area contributed by atoms with E-state index in [1.165, 1.54) is 15.6 Å². The molecule has 0 saturated heterocycles. The molecule has 0 aromatic heterocycles. The number of fused-ring (bicyclic) bond motifs is 1. The minimum atomic E-state index is 0.673. The van der Waals surface area contributed by atoms with Gasteiger partial charge in [0, 0.05) is 17.6 Å². The Kier molecular flexibility index (Phi) is 2.93. The number of nitrogens with one attached hydrogen (secondary N) is 1. The second kappa shape index (κ2) is 4.03. The lowest BCUT2D eigenvalue weighted by Gasteiger charge is -2.29. The fourth-order valence-corrected chi connectivity index (χ4v) is 2.56. The predicted octanol–water partition coefficient (Wildman–Crippen LogP) is 3.29. The van der Waals surface area contributed by atoms with Gasteiger partial charge in [-0.2, -0.15) is 0 Å². The molecule has 0 radical (unpaired) electrons. The Hall–Kier alpha value is -0.340. The maximum atomic E-state index is 3.52. The molecule has 1 heterocycles. The molecule has 0 bridgehead atoms. The van der Waals surface area contributed by atoms with Gasteiger partial charge in [0.15, 0.2) is 0 Å². The maximum absolute atomic E-state index is 3.52. The number of benzene rings is 1. The predicted molar refractivity (Wildman–Crippen MR) is 63.4 cm³/mol. The van der Waals surface area contributed by atoms with Gasteiger partial charge in [0.1, 0.15) is 0 Å². The van der Waals surface area contributed by atoms with E-state index in [0.717, 1.165) is 13.1 Å². The second-order valence-corrected chi connectivity index (χ2v) is 5.24. The summed E-state index contributed by atoms with van der Waals surface area (Å²) in [6.07, 6.45) is 0. The summed E-state index contributed by atoms with van der Waals surface area (Å²) in [6, 6.07) is 6.65. The van der Waals surface area contributed by atoms with Gasteiger partial charge in [-0.3, -0.25) is 0 Å². The normalized spacial score (nSPS) is 21.0. The molecule has 1 unspecified atom stereocenters. The zero-order valence-corrected chi connectivity index (χ0v) is 10.3. The monoisotopic (exact) mass is 253 g/mol. The zero-order valence-electron chi connectivity index (χ0n) is 8.68. The minimum absolute atomic E-state index is 0.673. The van der Waals surface area contributed by atoms with Crippen LogP contribution in [0.2, 0.25) is 0 Å². The Morgan fingerprint density at radius 3 is 2.93 bits per heavy atom. The Morgan fingerprint density at radius 2 is 2.21 bits per heavy atom. The molecule has 76 valence electrons. The molecule has 0 spiro atoms. The standard InChI is InChI=1S/C12H16BrN/c1-8(2)12-7-14-6-9-5-10(13)3-4-11(9)12/h3-5,8,12,14H,6-7H2,1-2H3. The van der Waals surface area contributed by atoms with Crippen LogP contribution in [0.1, 0.15) is 30.9 Å². The molecule has 1 aliphatic heterocycles. The summed E-state index contributed by atoms with van der Waals surface area (Å²) < 4.78 is 1.18. The maximum Gasteiger partial charge on any atom is 0.0208 e. The summed E-state index contributed by atoms with van der Waals surface area (Å²) in [4.78, 5) is 0. The average molecular weight is 254 g/mol. The lowest BCUT2D eigenvalue weighted by Crippen LogP contribution is -2.30. The van der Waals surface area contributed by atoms with Crippen LogP contribution in [-0.2, 0) is 6.54 Å². The first-order valence-corrected chi connectivity index (χ1v) is 5.97. The van der Waals surface area contributed by atoms with Crippen molar-refractivity contribution in [1.82, 2.24) is 5.32 Å². The first-order valence-electron chi connectivity index (χ1n) is 5.17. The van der Waals surface area contributed by atoms with Crippen molar-refractivity contribution in [2.45, 2.75) is 26.3 Å². The zero-order chi connectivity index (χ0) is 10.1. The molecule has 0 fully saturated rings. The van der Waals surface area contributed by atoms with Crippen molar-refractivity contribution in [2.24, 2.45) is 5.92 Å². The van der Waals surface area contributed by atoms with Gasteiger partial charge in [-0.25, -0.2) is 0 Å². The molecular weight excluding hydrogens is 238 g/mol. The molecule has 14 heavy (non-hydrogen) atoms. The summed E-state index contributed by atoms with van der Waals surface area (Å²) in [5, 5.41) is 3.48. The van der Waals surface area contributed by atoms with Crippen LogP contribution in [0, 0.1) is 5.92 Å². The lowest BCUT2D eigenvalue weighted by atomic mass is 9.83. The summed E-state index contributed by atoms with van der Waals surface area (Å²) in [6.45, 7) is 6.72. The largest absolute Gasteiger partial charge is 0.312 e.